The molecule has 0 radical (unpaired) electrons. The summed E-state index contributed by atoms with van der Waals surface area (Å²) in [4.78, 5) is 38.2. The molecule has 2 amide bonds. The number of alkyl halides is 2. The van der Waals surface area contributed by atoms with Crippen molar-refractivity contribution in [2.45, 2.75) is 50.0 Å². The van der Waals surface area contributed by atoms with Crippen molar-refractivity contribution in [2.24, 2.45) is 0 Å². The molecular weight excluding hydrogens is 610 g/mol. The lowest BCUT2D eigenvalue weighted by atomic mass is 9.87. The highest BCUT2D eigenvalue weighted by molar-refractivity contribution is 6.05. The van der Waals surface area contributed by atoms with Crippen molar-refractivity contribution in [3.05, 3.63) is 71.3 Å². The van der Waals surface area contributed by atoms with Crippen LogP contribution in [0.3, 0.4) is 0 Å². The zero-order valence-electron chi connectivity index (χ0n) is 25.5. The number of nitrogens with zero attached hydrogens (tertiary/aromatic N) is 4. The van der Waals surface area contributed by atoms with E-state index in [4.69, 9.17) is 14.5 Å². The number of carbonyl (C=O) groups is 2. The number of ether oxygens (including phenoxy) is 3. The first-order valence-electron chi connectivity index (χ1n) is 14.7. The molecule has 4 heterocycles. The quantitative estimate of drug-likeness (QED) is 0.347. The van der Waals surface area contributed by atoms with Crippen LogP contribution in [0.25, 0.3) is 0 Å². The third-order valence-electron chi connectivity index (χ3n) is 9.10. The molecule has 2 aromatic carbocycles. The minimum absolute atomic E-state index is 0.0192. The fourth-order valence-electron chi connectivity index (χ4n) is 6.85. The molecule has 1 N–H and O–H groups in total. The number of carbonyl (C=O) groups excluding carboxylic acids is 2. The van der Waals surface area contributed by atoms with E-state index in [1.54, 1.807) is 19.1 Å². The highest BCUT2D eigenvalue weighted by Crippen LogP contribution is 2.42. The van der Waals surface area contributed by atoms with E-state index in [-0.39, 0.29) is 28.9 Å². The number of likely N-dealkylation sites (tertiary alicyclic amines) is 1. The molecule has 6 rings (SSSR count). The van der Waals surface area contributed by atoms with Crippen LogP contribution >= 0.6 is 0 Å². The van der Waals surface area contributed by atoms with Gasteiger partial charge in [-0.1, -0.05) is 0 Å². The minimum Gasteiger partial charge on any atom is -0.497 e. The average Bonchev–Trinajstić information content (AvgIpc) is 3.67. The summed E-state index contributed by atoms with van der Waals surface area (Å²) in [5.41, 5.74) is -0.385. The Hall–Kier alpha value is -4.59. The van der Waals surface area contributed by atoms with Gasteiger partial charge in [0, 0.05) is 72.5 Å². The molecule has 1 unspecified atom stereocenters. The Labute approximate surface area is 262 Å². The third kappa shape index (κ3) is 5.65. The molecular formula is C32H33F4N5O5. The van der Waals surface area contributed by atoms with E-state index in [0.717, 1.165) is 31.6 Å². The molecule has 0 aliphatic carbocycles. The van der Waals surface area contributed by atoms with E-state index in [1.165, 1.54) is 43.4 Å². The molecule has 46 heavy (non-hydrogen) atoms. The summed E-state index contributed by atoms with van der Waals surface area (Å²) >= 11 is 0. The van der Waals surface area contributed by atoms with E-state index in [0.29, 0.717) is 17.6 Å². The van der Waals surface area contributed by atoms with Gasteiger partial charge in [0.2, 0.25) is 0 Å². The first-order valence-corrected chi connectivity index (χ1v) is 14.7. The summed E-state index contributed by atoms with van der Waals surface area (Å²) in [7, 11) is 4.84. The molecule has 3 saturated heterocycles. The van der Waals surface area contributed by atoms with Crippen molar-refractivity contribution < 1.29 is 41.4 Å². The highest BCUT2D eigenvalue weighted by Gasteiger charge is 2.51. The zero-order chi connectivity index (χ0) is 32.9. The monoisotopic (exact) mass is 643 g/mol. The van der Waals surface area contributed by atoms with Crippen molar-refractivity contribution in [1.29, 1.82) is 0 Å². The standard InChI is InChI=1S/C32H33F4N5O5/c1-16-27(28-23(33)10-21(44-3)11-24(28)34)29(38-30(42)17-5-7-20(8-6-17)46-32(35)36)31(43)41(16)26-13-22(45-4)12-25(37-26)40-15-18-9-19(40)14-39(18)2/h5-8,10-13,16,18-19,27,29,32H,9,14-15H2,1-4H3,(H,38,42)/t16-,18-,19-,27-,29?/m0/s1. The summed E-state index contributed by atoms with van der Waals surface area (Å²) in [6, 6.07) is 8.52. The smallest absolute Gasteiger partial charge is 0.387 e. The SMILES string of the molecule is COc1cc(N2C[C@@H]3C[C@H]2CN3C)nc(N2C(=O)C(NC(=O)c3ccc(OC(F)F)cc3)[C@H](c3c(F)cc(OC)cc3F)[C@@H]2C)c1. The number of nitrogens with one attached hydrogen (secondary N) is 1. The number of pyridine rings is 1. The van der Waals surface area contributed by atoms with Crippen LogP contribution in [0.5, 0.6) is 17.2 Å². The molecule has 3 aliphatic heterocycles. The highest BCUT2D eigenvalue weighted by atomic mass is 19.3. The van der Waals surface area contributed by atoms with Crippen LogP contribution in [0.1, 0.15) is 35.2 Å². The van der Waals surface area contributed by atoms with Gasteiger partial charge in [-0.15, -0.1) is 0 Å². The summed E-state index contributed by atoms with van der Waals surface area (Å²) in [6.07, 6.45) is 0.977. The van der Waals surface area contributed by atoms with E-state index in [2.05, 4.69) is 26.9 Å². The number of hydrogen-bond acceptors (Lipinski definition) is 8. The molecule has 10 nitrogen and oxygen atoms in total. The maximum Gasteiger partial charge on any atom is 0.387 e. The molecule has 14 heteroatoms. The molecule has 0 spiro atoms. The van der Waals surface area contributed by atoms with Gasteiger partial charge in [0.15, 0.2) is 0 Å². The van der Waals surface area contributed by atoms with Gasteiger partial charge in [0.25, 0.3) is 11.8 Å². The molecule has 2 bridgehead atoms. The van der Waals surface area contributed by atoms with Crippen molar-refractivity contribution in [2.75, 3.05) is 44.2 Å². The Kier molecular flexibility index (Phi) is 8.40. The molecule has 5 atom stereocenters. The minimum atomic E-state index is -3.05. The summed E-state index contributed by atoms with van der Waals surface area (Å²) < 4.78 is 71.3. The van der Waals surface area contributed by atoms with Gasteiger partial charge in [-0.05, 0) is 44.7 Å². The van der Waals surface area contributed by atoms with Crippen molar-refractivity contribution >= 4 is 23.5 Å². The van der Waals surface area contributed by atoms with Crippen molar-refractivity contribution in [3.63, 3.8) is 0 Å². The molecule has 0 saturated carbocycles. The Morgan fingerprint density at radius 2 is 1.57 bits per heavy atom. The maximum absolute atomic E-state index is 15.6. The summed E-state index contributed by atoms with van der Waals surface area (Å²) in [5, 5.41) is 2.63. The number of anilines is 2. The number of piperazine rings is 1. The normalized spacial score (nSPS) is 24.2. The van der Waals surface area contributed by atoms with E-state index in [9.17, 15) is 18.4 Å². The maximum atomic E-state index is 15.6. The Balaban J connectivity index is 1.38. The van der Waals surface area contributed by atoms with Crippen LogP contribution < -0.4 is 29.3 Å². The second-order valence-electron chi connectivity index (χ2n) is 11.7. The fraction of sp³-hybridized carbons (Fsp3) is 0.406. The number of benzene rings is 2. The van der Waals surface area contributed by atoms with Gasteiger partial charge in [0.05, 0.1) is 14.2 Å². The lowest BCUT2D eigenvalue weighted by Gasteiger charge is -2.33. The van der Waals surface area contributed by atoms with Crippen LogP contribution in [0.4, 0.5) is 29.2 Å². The van der Waals surface area contributed by atoms with E-state index < -0.39 is 53.6 Å². The topological polar surface area (TPSA) is 96.5 Å². The number of halogens is 4. The molecule has 3 aromatic rings. The predicted octanol–water partition coefficient (Wildman–Crippen LogP) is 4.19. The lowest BCUT2D eigenvalue weighted by Crippen LogP contribution is -2.45. The number of hydrogen-bond donors (Lipinski definition) is 1. The number of likely N-dealkylation sites (N-methyl/N-ethyl adjacent to an activating group) is 1. The second-order valence-corrected chi connectivity index (χ2v) is 11.7. The Morgan fingerprint density at radius 3 is 2.13 bits per heavy atom. The summed E-state index contributed by atoms with van der Waals surface area (Å²) in [6.45, 7) is 0.182. The summed E-state index contributed by atoms with van der Waals surface area (Å²) in [5.74, 6) is -3.48. The van der Waals surface area contributed by atoms with Gasteiger partial charge in [-0.25, -0.2) is 13.8 Å². The van der Waals surface area contributed by atoms with Crippen LogP contribution in [-0.2, 0) is 4.79 Å². The van der Waals surface area contributed by atoms with E-state index >= 15 is 8.78 Å². The third-order valence-corrected chi connectivity index (χ3v) is 9.10. The number of methoxy groups -OCH3 is 2. The number of fused-ring (bicyclic) bond motifs is 2. The predicted molar refractivity (Wildman–Crippen MR) is 160 cm³/mol. The Bertz CT molecular complexity index is 1620. The van der Waals surface area contributed by atoms with Crippen molar-refractivity contribution in [1.82, 2.24) is 15.2 Å². The Morgan fingerprint density at radius 1 is 0.935 bits per heavy atom. The molecule has 1 aromatic heterocycles. The fourth-order valence-corrected chi connectivity index (χ4v) is 6.85. The second kappa shape index (κ2) is 12.3. The number of amides is 2. The number of aromatic nitrogens is 1. The molecule has 3 fully saturated rings. The first-order chi connectivity index (χ1) is 22.0. The first kappa shape index (κ1) is 31.4. The van der Waals surface area contributed by atoms with Crippen molar-refractivity contribution in [3.8, 4) is 17.2 Å². The van der Waals surface area contributed by atoms with E-state index in [1.807, 2.05) is 0 Å². The molecule has 244 valence electrons. The average molecular weight is 644 g/mol. The van der Waals surface area contributed by atoms with Crippen LogP contribution in [-0.4, -0.2) is 86.8 Å². The molecule has 3 aliphatic rings. The van der Waals surface area contributed by atoms with Gasteiger partial charge in [-0.3, -0.25) is 19.4 Å². The van der Waals surface area contributed by atoms with Gasteiger partial charge in [-0.2, -0.15) is 8.78 Å². The lowest BCUT2D eigenvalue weighted by molar-refractivity contribution is -0.118. The van der Waals surface area contributed by atoms with Gasteiger partial charge < -0.3 is 24.4 Å². The van der Waals surface area contributed by atoms with Gasteiger partial charge in [0.1, 0.15) is 46.6 Å². The van der Waals surface area contributed by atoms with Gasteiger partial charge >= 0.3 is 6.61 Å². The van der Waals surface area contributed by atoms with Crippen LogP contribution in [0.15, 0.2) is 48.5 Å². The van der Waals surface area contributed by atoms with Crippen LogP contribution in [0.2, 0.25) is 0 Å². The van der Waals surface area contributed by atoms with Crippen LogP contribution in [0, 0.1) is 11.6 Å². The zero-order valence-corrected chi connectivity index (χ0v) is 25.5. The number of rotatable bonds is 9. The largest absolute Gasteiger partial charge is 0.497 e.